The number of rotatable bonds is 6. The van der Waals surface area contributed by atoms with Gasteiger partial charge in [0.25, 0.3) is 5.91 Å². The summed E-state index contributed by atoms with van der Waals surface area (Å²) in [7, 11) is 2.88. The molecule has 0 aliphatic heterocycles. The highest BCUT2D eigenvalue weighted by Gasteiger charge is 2.23. The monoisotopic (exact) mass is 469 g/mol. The highest BCUT2D eigenvalue weighted by Crippen LogP contribution is 2.20. The first-order valence-corrected chi connectivity index (χ1v) is 8.99. The lowest BCUT2D eigenvalue weighted by molar-refractivity contribution is -0.142. The molecule has 0 aliphatic carbocycles. The van der Waals surface area contributed by atoms with Gasteiger partial charge in [-0.15, -0.1) is 0 Å². The number of hydrogen-bond donors (Lipinski definition) is 1. The SMILES string of the molecule is COC(=O)[C@@H](Cc1ccc(OC)cc1)NC(=O)c1cc(Br)cc(Br)c1. The molecule has 132 valence electrons. The van der Waals surface area contributed by atoms with Crippen LogP contribution in [0.4, 0.5) is 0 Å². The lowest BCUT2D eigenvalue weighted by Crippen LogP contribution is -2.43. The van der Waals surface area contributed by atoms with Crippen LogP contribution < -0.4 is 10.1 Å². The van der Waals surface area contributed by atoms with Gasteiger partial charge in [0, 0.05) is 20.9 Å². The van der Waals surface area contributed by atoms with E-state index in [0.717, 1.165) is 20.3 Å². The Balaban J connectivity index is 2.16. The number of esters is 1. The van der Waals surface area contributed by atoms with E-state index in [4.69, 9.17) is 9.47 Å². The molecule has 0 saturated carbocycles. The van der Waals surface area contributed by atoms with Gasteiger partial charge in [-0.05, 0) is 35.9 Å². The molecule has 0 spiro atoms. The highest BCUT2D eigenvalue weighted by atomic mass is 79.9. The van der Waals surface area contributed by atoms with E-state index in [1.165, 1.54) is 7.11 Å². The number of hydrogen-bond acceptors (Lipinski definition) is 4. The summed E-state index contributed by atoms with van der Waals surface area (Å²) < 4.78 is 11.5. The number of benzene rings is 2. The number of carbonyl (C=O) groups is 2. The molecule has 5 nitrogen and oxygen atoms in total. The summed E-state index contributed by atoms with van der Waals surface area (Å²) in [4.78, 5) is 24.5. The van der Waals surface area contributed by atoms with Crippen molar-refractivity contribution in [2.75, 3.05) is 14.2 Å². The Kier molecular flexibility index (Phi) is 7.01. The van der Waals surface area contributed by atoms with Crippen molar-refractivity contribution in [2.45, 2.75) is 12.5 Å². The van der Waals surface area contributed by atoms with Crippen LogP contribution in [0.25, 0.3) is 0 Å². The zero-order chi connectivity index (χ0) is 18.4. The van der Waals surface area contributed by atoms with Crippen LogP contribution in [0, 0.1) is 0 Å². The van der Waals surface area contributed by atoms with Crippen LogP contribution in [0.3, 0.4) is 0 Å². The second-order valence-electron chi connectivity index (χ2n) is 5.26. The maximum absolute atomic E-state index is 12.5. The molecule has 0 saturated heterocycles. The molecule has 7 heteroatoms. The van der Waals surface area contributed by atoms with Crippen molar-refractivity contribution in [3.05, 3.63) is 62.5 Å². The number of halogens is 2. The predicted octanol–water partition coefficient (Wildman–Crippen LogP) is 3.73. The van der Waals surface area contributed by atoms with Crippen LogP contribution in [-0.4, -0.2) is 32.1 Å². The molecule has 2 aromatic rings. The van der Waals surface area contributed by atoms with E-state index >= 15 is 0 Å². The summed E-state index contributed by atoms with van der Waals surface area (Å²) in [5.74, 6) is -0.134. The zero-order valence-corrected chi connectivity index (χ0v) is 16.9. The average molecular weight is 471 g/mol. The quantitative estimate of drug-likeness (QED) is 0.653. The van der Waals surface area contributed by atoms with E-state index in [1.54, 1.807) is 31.4 Å². The zero-order valence-electron chi connectivity index (χ0n) is 13.7. The fourth-order valence-corrected chi connectivity index (χ4v) is 3.55. The first-order chi connectivity index (χ1) is 11.9. The Morgan fingerprint density at radius 1 is 1.04 bits per heavy atom. The van der Waals surface area contributed by atoms with Gasteiger partial charge in [-0.25, -0.2) is 4.79 Å². The van der Waals surface area contributed by atoms with E-state index in [2.05, 4.69) is 37.2 Å². The van der Waals surface area contributed by atoms with E-state index in [9.17, 15) is 9.59 Å². The molecular formula is C18H17Br2NO4. The average Bonchev–Trinajstić information content (AvgIpc) is 2.60. The standard InChI is InChI=1S/C18H17Br2NO4/c1-24-15-5-3-11(4-6-15)7-16(18(23)25-2)21-17(22)12-8-13(19)10-14(20)9-12/h3-6,8-10,16H,7H2,1-2H3,(H,21,22)/t16-/m1/s1. The van der Waals surface area contributed by atoms with Crippen LogP contribution in [-0.2, 0) is 16.0 Å². The summed E-state index contributed by atoms with van der Waals surface area (Å²) >= 11 is 6.69. The number of methoxy groups -OCH3 is 2. The molecule has 25 heavy (non-hydrogen) atoms. The lowest BCUT2D eigenvalue weighted by Gasteiger charge is -2.17. The molecule has 0 heterocycles. The van der Waals surface area contributed by atoms with Crippen molar-refractivity contribution in [1.82, 2.24) is 5.32 Å². The van der Waals surface area contributed by atoms with Crippen molar-refractivity contribution in [1.29, 1.82) is 0 Å². The number of amides is 1. The molecule has 1 amide bonds. The van der Waals surface area contributed by atoms with Gasteiger partial charge in [0.2, 0.25) is 0 Å². The summed E-state index contributed by atoms with van der Waals surface area (Å²) in [5, 5.41) is 2.73. The van der Waals surface area contributed by atoms with Gasteiger partial charge in [0.15, 0.2) is 0 Å². The molecule has 2 rings (SSSR count). The second kappa shape index (κ2) is 9.01. The van der Waals surface area contributed by atoms with Gasteiger partial charge in [-0.3, -0.25) is 4.79 Å². The Hall–Kier alpha value is -1.86. The van der Waals surface area contributed by atoms with Gasteiger partial charge < -0.3 is 14.8 Å². The Bertz CT molecular complexity index is 742. The van der Waals surface area contributed by atoms with Crippen molar-refractivity contribution in [3.8, 4) is 5.75 Å². The van der Waals surface area contributed by atoms with Gasteiger partial charge in [-0.2, -0.15) is 0 Å². The van der Waals surface area contributed by atoms with Crippen LogP contribution in [0.15, 0.2) is 51.4 Å². The maximum Gasteiger partial charge on any atom is 0.328 e. The fraction of sp³-hybridized carbons (Fsp3) is 0.222. The second-order valence-corrected chi connectivity index (χ2v) is 7.09. The minimum Gasteiger partial charge on any atom is -0.497 e. The third kappa shape index (κ3) is 5.57. The molecule has 0 aliphatic rings. The Labute approximate surface area is 163 Å². The normalized spacial score (nSPS) is 11.5. The maximum atomic E-state index is 12.5. The van der Waals surface area contributed by atoms with Crippen molar-refractivity contribution >= 4 is 43.7 Å². The first kappa shape index (κ1) is 19.5. The van der Waals surface area contributed by atoms with Gasteiger partial charge in [-0.1, -0.05) is 44.0 Å². The van der Waals surface area contributed by atoms with Gasteiger partial charge >= 0.3 is 5.97 Å². The van der Waals surface area contributed by atoms with E-state index < -0.39 is 12.0 Å². The smallest absolute Gasteiger partial charge is 0.328 e. The van der Waals surface area contributed by atoms with Gasteiger partial charge in [0.1, 0.15) is 11.8 Å². The van der Waals surface area contributed by atoms with Gasteiger partial charge in [0.05, 0.1) is 14.2 Å². The Morgan fingerprint density at radius 2 is 1.64 bits per heavy atom. The minimum atomic E-state index is -0.788. The highest BCUT2D eigenvalue weighted by molar-refractivity contribution is 9.11. The van der Waals surface area contributed by atoms with E-state index in [-0.39, 0.29) is 5.91 Å². The molecule has 2 aromatic carbocycles. The molecule has 1 N–H and O–H groups in total. The van der Waals surface area contributed by atoms with Crippen molar-refractivity contribution in [3.63, 3.8) is 0 Å². The molecule has 0 aromatic heterocycles. The summed E-state index contributed by atoms with van der Waals surface area (Å²) in [6.07, 6.45) is 0.317. The topological polar surface area (TPSA) is 64.6 Å². The number of ether oxygens (including phenoxy) is 2. The predicted molar refractivity (Wildman–Crippen MR) is 102 cm³/mol. The largest absolute Gasteiger partial charge is 0.497 e. The third-order valence-electron chi connectivity index (χ3n) is 3.51. The number of nitrogens with one attached hydrogen (secondary N) is 1. The van der Waals surface area contributed by atoms with Crippen molar-refractivity contribution < 1.29 is 19.1 Å². The van der Waals surface area contributed by atoms with Crippen molar-refractivity contribution in [2.24, 2.45) is 0 Å². The van der Waals surface area contributed by atoms with E-state index in [0.29, 0.717) is 12.0 Å². The number of carbonyl (C=O) groups excluding carboxylic acids is 2. The summed E-state index contributed by atoms with van der Waals surface area (Å²) in [5.41, 5.74) is 1.32. The van der Waals surface area contributed by atoms with Crippen LogP contribution in [0.1, 0.15) is 15.9 Å². The summed E-state index contributed by atoms with van der Waals surface area (Å²) in [6, 6.07) is 11.7. The molecule has 0 bridgehead atoms. The fourth-order valence-electron chi connectivity index (χ4n) is 2.26. The molecule has 1 atom stereocenters. The molecular weight excluding hydrogens is 454 g/mol. The molecule has 0 radical (unpaired) electrons. The van der Waals surface area contributed by atoms with E-state index in [1.807, 2.05) is 18.2 Å². The van der Waals surface area contributed by atoms with Crippen LogP contribution in [0.2, 0.25) is 0 Å². The van der Waals surface area contributed by atoms with Crippen LogP contribution >= 0.6 is 31.9 Å². The first-order valence-electron chi connectivity index (χ1n) is 7.40. The lowest BCUT2D eigenvalue weighted by atomic mass is 10.1. The Morgan fingerprint density at radius 3 is 2.16 bits per heavy atom. The minimum absolute atomic E-state index is 0.317. The molecule has 0 unspecified atom stereocenters. The molecule has 0 fully saturated rings. The third-order valence-corrected chi connectivity index (χ3v) is 4.43. The summed E-state index contributed by atoms with van der Waals surface area (Å²) in [6.45, 7) is 0. The van der Waals surface area contributed by atoms with Crippen LogP contribution in [0.5, 0.6) is 5.75 Å².